The van der Waals surface area contributed by atoms with Crippen LogP contribution in [0.5, 0.6) is 0 Å². The maximum absolute atomic E-state index is 13.2. The number of piperazine rings is 1. The fourth-order valence-electron chi connectivity index (χ4n) is 4.05. The summed E-state index contributed by atoms with van der Waals surface area (Å²) in [5.74, 6) is -0.0900. The summed E-state index contributed by atoms with van der Waals surface area (Å²) in [6, 6.07) is 15.6. The predicted molar refractivity (Wildman–Crippen MR) is 114 cm³/mol. The minimum absolute atomic E-state index is 0.0900. The molecule has 2 saturated heterocycles. The third kappa shape index (κ3) is 4.13. The minimum atomic E-state index is -3.73. The van der Waals surface area contributed by atoms with Crippen LogP contribution in [0.2, 0.25) is 5.02 Å². The van der Waals surface area contributed by atoms with Crippen molar-refractivity contribution in [3.63, 3.8) is 0 Å². The highest BCUT2D eigenvalue weighted by atomic mass is 35.5. The van der Waals surface area contributed by atoms with Crippen molar-refractivity contribution in [2.24, 2.45) is 0 Å². The van der Waals surface area contributed by atoms with Crippen molar-refractivity contribution in [2.75, 3.05) is 37.6 Å². The van der Waals surface area contributed by atoms with Gasteiger partial charge in [0.15, 0.2) is 0 Å². The van der Waals surface area contributed by atoms with Crippen molar-refractivity contribution >= 4 is 33.2 Å². The Morgan fingerprint density at radius 2 is 1.55 bits per heavy atom. The molecule has 2 aliphatic rings. The van der Waals surface area contributed by atoms with Gasteiger partial charge in [-0.15, -0.1) is 0 Å². The zero-order valence-corrected chi connectivity index (χ0v) is 17.6. The fourth-order valence-corrected chi connectivity index (χ4v) is 5.83. The average Bonchev–Trinajstić information content (AvgIpc) is 3.25. The van der Waals surface area contributed by atoms with Crippen LogP contribution in [-0.2, 0) is 14.8 Å². The van der Waals surface area contributed by atoms with Gasteiger partial charge in [-0.3, -0.25) is 4.79 Å². The predicted octanol–water partition coefficient (Wildman–Crippen LogP) is 2.84. The average molecular weight is 434 g/mol. The van der Waals surface area contributed by atoms with E-state index in [1.165, 1.54) is 16.4 Å². The van der Waals surface area contributed by atoms with E-state index in [-0.39, 0.29) is 10.8 Å². The molecule has 1 amide bonds. The number of halogens is 1. The first-order chi connectivity index (χ1) is 14.0. The molecule has 4 rings (SSSR count). The molecule has 0 spiro atoms. The number of carbonyl (C=O) groups excluding carboxylic acids is 1. The summed E-state index contributed by atoms with van der Waals surface area (Å²) < 4.78 is 27.5. The van der Waals surface area contributed by atoms with E-state index in [4.69, 9.17) is 11.6 Å². The van der Waals surface area contributed by atoms with Gasteiger partial charge in [-0.1, -0.05) is 29.8 Å². The lowest BCUT2D eigenvalue weighted by Gasteiger charge is -2.38. The second-order valence-electron chi connectivity index (χ2n) is 7.38. The van der Waals surface area contributed by atoms with E-state index in [2.05, 4.69) is 17.0 Å². The van der Waals surface area contributed by atoms with Crippen LogP contribution < -0.4 is 4.90 Å². The summed E-state index contributed by atoms with van der Waals surface area (Å²) in [7, 11) is -3.73. The molecule has 8 heteroatoms. The van der Waals surface area contributed by atoms with Crippen molar-refractivity contribution in [2.45, 2.75) is 23.8 Å². The first-order valence-electron chi connectivity index (χ1n) is 9.83. The molecule has 0 aliphatic carbocycles. The van der Waals surface area contributed by atoms with Crippen molar-refractivity contribution in [1.29, 1.82) is 0 Å². The molecule has 1 atom stereocenters. The Labute approximate surface area is 176 Å². The van der Waals surface area contributed by atoms with Crippen molar-refractivity contribution in [3.05, 3.63) is 59.6 Å². The Morgan fingerprint density at radius 1 is 0.897 bits per heavy atom. The van der Waals surface area contributed by atoms with Crippen LogP contribution in [0.25, 0.3) is 0 Å². The molecule has 0 N–H and O–H groups in total. The monoisotopic (exact) mass is 433 g/mol. The van der Waals surface area contributed by atoms with E-state index in [0.29, 0.717) is 37.5 Å². The van der Waals surface area contributed by atoms with Gasteiger partial charge in [-0.25, -0.2) is 8.42 Å². The Balaban J connectivity index is 1.45. The lowest BCUT2D eigenvalue weighted by Crippen LogP contribution is -2.54. The number of hydrogen-bond donors (Lipinski definition) is 0. The first-order valence-corrected chi connectivity index (χ1v) is 11.6. The molecule has 2 aromatic rings. The molecule has 154 valence electrons. The van der Waals surface area contributed by atoms with Gasteiger partial charge in [0.1, 0.15) is 6.04 Å². The molecule has 6 nitrogen and oxygen atoms in total. The molecule has 2 fully saturated rings. The number of hydrogen-bond acceptors (Lipinski definition) is 4. The number of sulfonamides is 1. The number of para-hydroxylation sites is 1. The first kappa shape index (κ1) is 20.2. The zero-order valence-electron chi connectivity index (χ0n) is 16.1. The van der Waals surface area contributed by atoms with Crippen LogP contribution in [-0.4, -0.2) is 62.3 Å². The lowest BCUT2D eigenvalue weighted by molar-refractivity contribution is -0.134. The van der Waals surface area contributed by atoms with Crippen LogP contribution in [0.3, 0.4) is 0 Å². The van der Waals surface area contributed by atoms with Gasteiger partial charge < -0.3 is 9.80 Å². The summed E-state index contributed by atoms with van der Waals surface area (Å²) in [5.41, 5.74) is 1.15. The third-order valence-corrected chi connectivity index (χ3v) is 7.80. The van der Waals surface area contributed by atoms with Crippen LogP contribution in [0.15, 0.2) is 59.5 Å². The molecular weight excluding hydrogens is 410 g/mol. The number of benzene rings is 2. The van der Waals surface area contributed by atoms with E-state index in [0.717, 1.165) is 18.8 Å². The van der Waals surface area contributed by atoms with Gasteiger partial charge in [-0.05, 0) is 49.2 Å². The quantitative estimate of drug-likeness (QED) is 0.743. The van der Waals surface area contributed by atoms with Crippen LogP contribution >= 0.6 is 11.6 Å². The van der Waals surface area contributed by atoms with Gasteiger partial charge in [0.2, 0.25) is 15.9 Å². The summed E-state index contributed by atoms with van der Waals surface area (Å²) in [6.45, 7) is 3.04. The third-order valence-electron chi connectivity index (χ3n) is 5.62. The Hall–Kier alpha value is -2.09. The largest absolute Gasteiger partial charge is 0.368 e. The standard InChI is InChI=1S/C21H24ClN3O3S/c22-17-8-10-19(11-9-17)29(27,28)25-12-4-7-20(25)21(26)24-15-13-23(14-16-24)18-5-2-1-3-6-18/h1-3,5-6,8-11,20H,4,7,12-16H2/t20-/m0/s1. The van der Waals surface area contributed by atoms with Gasteiger partial charge in [0, 0.05) is 43.4 Å². The smallest absolute Gasteiger partial charge is 0.243 e. The highest BCUT2D eigenvalue weighted by Gasteiger charge is 2.41. The molecule has 2 heterocycles. The summed E-state index contributed by atoms with van der Waals surface area (Å²) in [6.07, 6.45) is 1.25. The number of anilines is 1. The van der Waals surface area contributed by atoms with E-state index in [1.807, 2.05) is 18.2 Å². The maximum atomic E-state index is 13.2. The minimum Gasteiger partial charge on any atom is -0.368 e. The summed E-state index contributed by atoms with van der Waals surface area (Å²) >= 11 is 5.88. The highest BCUT2D eigenvalue weighted by molar-refractivity contribution is 7.89. The number of amides is 1. The van der Waals surface area contributed by atoms with Gasteiger partial charge in [0.05, 0.1) is 4.90 Å². The molecule has 0 bridgehead atoms. The normalized spacial score (nSPS) is 20.8. The lowest BCUT2D eigenvalue weighted by atomic mass is 10.1. The van der Waals surface area contributed by atoms with Crippen LogP contribution in [0, 0.1) is 0 Å². The molecule has 0 radical (unpaired) electrons. The molecule has 2 aliphatic heterocycles. The van der Waals surface area contributed by atoms with E-state index in [1.54, 1.807) is 17.0 Å². The van der Waals surface area contributed by atoms with E-state index >= 15 is 0 Å². The molecular formula is C21H24ClN3O3S. The second kappa shape index (κ2) is 8.34. The SMILES string of the molecule is O=C([C@@H]1CCCN1S(=O)(=O)c1ccc(Cl)cc1)N1CCN(c2ccccc2)CC1. The molecule has 29 heavy (non-hydrogen) atoms. The Bertz CT molecular complexity index is 958. The maximum Gasteiger partial charge on any atom is 0.243 e. The Morgan fingerprint density at radius 3 is 2.21 bits per heavy atom. The summed E-state index contributed by atoms with van der Waals surface area (Å²) in [5, 5.41) is 0.481. The highest BCUT2D eigenvalue weighted by Crippen LogP contribution is 2.28. The number of nitrogens with zero attached hydrogens (tertiary/aromatic N) is 3. The number of rotatable bonds is 4. The second-order valence-corrected chi connectivity index (χ2v) is 9.70. The van der Waals surface area contributed by atoms with Crippen molar-refractivity contribution in [3.8, 4) is 0 Å². The summed E-state index contributed by atoms with van der Waals surface area (Å²) in [4.78, 5) is 17.4. The topological polar surface area (TPSA) is 60.9 Å². The molecule has 0 aromatic heterocycles. The van der Waals surface area contributed by atoms with Gasteiger partial charge in [0.25, 0.3) is 0 Å². The van der Waals surface area contributed by atoms with Gasteiger partial charge in [-0.2, -0.15) is 4.31 Å². The fraction of sp³-hybridized carbons (Fsp3) is 0.381. The van der Waals surface area contributed by atoms with Gasteiger partial charge >= 0.3 is 0 Å². The van der Waals surface area contributed by atoms with Crippen molar-refractivity contribution < 1.29 is 13.2 Å². The molecule has 0 saturated carbocycles. The Kier molecular flexibility index (Phi) is 5.81. The van der Waals surface area contributed by atoms with Crippen LogP contribution in [0.4, 0.5) is 5.69 Å². The molecule has 2 aromatic carbocycles. The van der Waals surface area contributed by atoms with E-state index < -0.39 is 16.1 Å². The van der Waals surface area contributed by atoms with E-state index in [9.17, 15) is 13.2 Å². The van der Waals surface area contributed by atoms with Crippen molar-refractivity contribution in [1.82, 2.24) is 9.21 Å². The van der Waals surface area contributed by atoms with Crippen LogP contribution in [0.1, 0.15) is 12.8 Å². The molecule has 0 unspecified atom stereocenters. The zero-order chi connectivity index (χ0) is 20.4. The number of carbonyl (C=O) groups is 1.